The quantitative estimate of drug-likeness (QED) is 0.744. The molecule has 1 aromatic heterocycles. The van der Waals surface area contributed by atoms with Gasteiger partial charge in [0.1, 0.15) is 5.82 Å². The van der Waals surface area contributed by atoms with Crippen molar-refractivity contribution in [2.75, 3.05) is 7.11 Å². The van der Waals surface area contributed by atoms with Gasteiger partial charge in [0.25, 0.3) is 0 Å². The SMILES string of the molecule is COC1CC(n2c(C(C)Cl)nc3cccc(Cl)c32)C1(C)C. The van der Waals surface area contributed by atoms with Gasteiger partial charge in [-0.05, 0) is 25.5 Å². The molecule has 0 radical (unpaired) electrons. The summed E-state index contributed by atoms with van der Waals surface area (Å²) in [5.74, 6) is 0.882. The highest BCUT2D eigenvalue weighted by atomic mass is 35.5. The molecule has 3 nitrogen and oxygen atoms in total. The van der Waals surface area contributed by atoms with E-state index in [2.05, 4.69) is 18.4 Å². The third-order valence-corrected chi connectivity index (χ3v) is 5.27. The second-order valence-corrected chi connectivity index (χ2v) is 7.42. The number of fused-ring (bicyclic) bond motifs is 1. The number of hydrogen-bond acceptors (Lipinski definition) is 2. The molecule has 1 aromatic carbocycles. The van der Waals surface area contributed by atoms with Crippen LogP contribution in [0, 0.1) is 5.41 Å². The maximum atomic E-state index is 6.43. The third kappa shape index (κ3) is 2.18. The van der Waals surface area contributed by atoms with Crippen LogP contribution in [-0.4, -0.2) is 22.8 Å². The van der Waals surface area contributed by atoms with Crippen LogP contribution < -0.4 is 0 Å². The fourth-order valence-electron chi connectivity index (χ4n) is 3.42. The van der Waals surface area contributed by atoms with Gasteiger partial charge in [-0.3, -0.25) is 0 Å². The summed E-state index contributed by atoms with van der Waals surface area (Å²) in [6.45, 7) is 6.40. The van der Waals surface area contributed by atoms with E-state index in [9.17, 15) is 0 Å². The molecule has 1 aliphatic carbocycles. The molecule has 3 unspecified atom stereocenters. The van der Waals surface area contributed by atoms with Crippen molar-refractivity contribution in [3.63, 3.8) is 0 Å². The van der Waals surface area contributed by atoms with Gasteiger partial charge in [-0.25, -0.2) is 4.98 Å². The smallest absolute Gasteiger partial charge is 0.128 e. The highest BCUT2D eigenvalue weighted by Gasteiger charge is 2.50. The van der Waals surface area contributed by atoms with Crippen molar-refractivity contribution in [1.82, 2.24) is 9.55 Å². The molecule has 0 spiro atoms. The van der Waals surface area contributed by atoms with E-state index >= 15 is 0 Å². The molecule has 1 heterocycles. The van der Waals surface area contributed by atoms with Gasteiger partial charge in [-0.2, -0.15) is 0 Å². The number of ether oxygens (including phenoxy) is 1. The minimum Gasteiger partial charge on any atom is -0.381 e. The van der Waals surface area contributed by atoms with Crippen molar-refractivity contribution >= 4 is 34.2 Å². The molecule has 2 aromatic rings. The maximum Gasteiger partial charge on any atom is 0.128 e. The topological polar surface area (TPSA) is 27.1 Å². The Morgan fingerprint density at radius 3 is 2.71 bits per heavy atom. The predicted molar refractivity (Wildman–Crippen MR) is 87.2 cm³/mol. The number of rotatable bonds is 3. The lowest BCUT2D eigenvalue weighted by molar-refractivity contribution is -0.112. The summed E-state index contributed by atoms with van der Waals surface area (Å²) in [5.41, 5.74) is 1.91. The minimum absolute atomic E-state index is 0.0298. The molecule has 3 rings (SSSR count). The van der Waals surface area contributed by atoms with E-state index in [-0.39, 0.29) is 16.9 Å². The molecule has 0 bridgehead atoms. The van der Waals surface area contributed by atoms with Crippen LogP contribution in [0.2, 0.25) is 5.02 Å². The molecule has 114 valence electrons. The molecule has 0 saturated heterocycles. The van der Waals surface area contributed by atoms with E-state index < -0.39 is 0 Å². The molecular weight excluding hydrogens is 307 g/mol. The zero-order valence-corrected chi connectivity index (χ0v) is 14.2. The van der Waals surface area contributed by atoms with Crippen LogP contribution >= 0.6 is 23.2 Å². The van der Waals surface area contributed by atoms with Gasteiger partial charge in [-0.1, -0.05) is 31.5 Å². The Hall–Kier alpha value is -0.770. The fourth-order valence-corrected chi connectivity index (χ4v) is 3.84. The van der Waals surface area contributed by atoms with Crippen LogP contribution in [-0.2, 0) is 4.74 Å². The number of nitrogens with zero attached hydrogens (tertiary/aromatic N) is 2. The van der Waals surface area contributed by atoms with E-state index in [1.165, 1.54) is 0 Å². The van der Waals surface area contributed by atoms with Gasteiger partial charge in [0.15, 0.2) is 0 Å². The molecular formula is C16H20Cl2N2O. The Morgan fingerprint density at radius 1 is 1.43 bits per heavy atom. The average molecular weight is 327 g/mol. The zero-order chi connectivity index (χ0) is 15.4. The Morgan fingerprint density at radius 2 is 2.14 bits per heavy atom. The largest absolute Gasteiger partial charge is 0.381 e. The van der Waals surface area contributed by atoms with Crippen LogP contribution in [0.3, 0.4) is 0 Å². The summed E-state index contributed by atoms with van der Waals surface area (Å²) in [6.07, 6.45) is 1.21. The van der Waals surface area contributed by atoms with Crippen LogP contribution in [0.4, 0.5) is 0 Å². The summed E-state index contributed by atoms with van der Waals surface area (Å²) < 4.78 is 7.80. The van der Waals surface area contributed by atoms with Crippen molar-refractivity contribution < 1.29 is 4.74 Å². The predicted octanol–water partition coefficient (Wildman–Crippen LogP) is 4.98. The first kappa shape index (κ1) is 15.1. The second-order valence-electron chi connectivity index (χ2n) is 6.36. The van der Waals surface area contributed by atoms with Gasteiger partial charge >= 0.3 is 0 Å². The molecule has 5 heteroatoms. The normalized spacial score (nSPS) is 25.8. The summed E-state index contributed by atoms with van der Waals surface area (Å²) >= 11 is 12.8. The Bertz CT molecular complexity index is 678. The monoisotopic (exact) mass is 326 g/mol. The molecule has 1 saturated carbocycles. The van der Waals surface area contributed by atoms with Gasteiger partial charge in [0, 0.05) is 18.6 Å². The van der Waals surface area contributed by atoms with E-state index in [1.54, 1.807) is 7.11 Å². The van der Waals surface area contributed by atoms with Crippen LogP contribution in [0.1, 0.15) is 44.4 Å². The van der Waals surface area contributed by atoms with Crippen molar-refractivity contribution in [3.8, 4) is 0 Å². The molecule has 0 aliphatic heterocycles. The second kappa shape index (κ2) is 5.15. The Labute approximate surface area is 135 Å². The van der Waals surface area contributed by atoms with Crippen LogP contribution in [0.15, 0.2) is 18.2 Å². The van der Waals surface area contributed by atoms with Gasteiger partial charge in [0.05, 0.1) is 27.5 Å². The van der Waals surface area contributed by atoms with Crippen molar-refractivity contribution in [2.24, 2.45) is 5.41 Å². The average Bonchev–Trinajstić information content (AvgIpc) is 2.79. The lowest BCUT2D eigenvalue weighted by Crippen LogP contribution is -2.51. The lowest BCUT2D eigenvalue weighted by Gasteiger charge is -2.52. The van der Waals surface area contributed by atoms with E-state index in [4.69, 9.17) is 32.9 Å². The standard InChI is InChI=1S/C16H20Cl2N2O/c1-9(17)15-19-11-7-5-6-10(18)14(11)20(15)12-8-13(21-4)16(12,2)3/h5-7,9,12-13H,8H2,1-4H3. The number of para-hydroxylation sites is 1. The molecule has 0 N–H and O–H groups in total. The maximum absolute atomic E-state index is 6.43. The number of hydrogen-bond donors (Lipinski definition) is 0. The molecule has 3 atom stereocenters. The summed E-state index contributed by atoms with van der Waals surface area (Å²) in [4.78, 5) is 4.70. The first-order valence-corrected chi connectivity index (χ1v) is 8.02. The van der Waals surface area contributed by atoms with Gasteiger partial charge in [0.2, 0.25) is 0 Å². The first-order chi connectivity index (χ1) is 9.87. The molecule has 21 heavy (non-hydrogen) atoms. The fraction of sp³-hybridized carbons (Fsp3) is 0.562. The van der Waals surface area contributed by atoms with E-state index in [0.29, 0.717) is 6.04 Å². The number of alkyl halides is 1. The highest BCUT2D eigenvalue weighted by Crippen LogP contribution is 2.53. The van der Waals surface area contributed by atoms with E-state index in [1.807, 2.05) is 25.1 Å². The first-order valence-electron chi connectivity index (χ1n) is 7.21. The van der Waals surface area contributed by atoms with Crippen LogP contribution in [0.25, 0.3) is 11.0 Å². The third-order valence-electron chi connectivity index (χ3n) is 4.77. The molecule has 1 aliphatic rings. The number of aromatic nitrogens is 2. The van der Waals surface area contributed by atoms with Crippen LogP contribution in [0.5, 0.6) is 0 Å². The van der Waals surface area contributed by atoms with E-state index in [0.717, 1.165) is 28.3 Å². The highest BCUT2D eigenvalue weighted by molar-refractivity contribution is 6.35. The lowest BCUT2D eigenvalue weighted by atomic mass is 9.64. The Balaban J connectivity index is 2.20. The molecule has 0 amide bonds. The van der Waals surface area contributed by atoms with Crippen molar-refractivity contribution in [2.45, 2.75) is 44.7 Å². The number of halogens is 2. The zero-order valence-electron chi connectivity index (χ0n) is 12.7. The van der Waals surface area contributed by atoms with Crippen molar-refractivity contribution in [3.05, 3.63) is 29.0 Å². The summed E-state index contributed by atoms with van der Waals surface area (Å²) in [5, 5.41) is 0.561. The molecule has 1 fully saturated rings. The summed E-state index contributed by atoms with van der Waals surface area (Å²) in [6, 6.07) is 6.11. The summed E-state index contributed by atoms with van der Waals surface area (Å²) in [7, 11) is 1.77. The Kier molecular flexibility index (Phi) is 3.71. The van der Waals surface area contributed by atoms with Gasteiger partial charge in [-0.15, -0.1) is 11.6 Å². The van der Waals surface area contributed by atoms with Crippen molar-refractivity contribution in [1.29, 1.82) is 0 Å². The number of imidazole rings is 1. The number of methoxy groups -OCH3 is 1. The van der Waals surface area contributed by atoms with Gasteiger partial charge < -0.3 is 9.30 Å². The minimum atomic E-state index is -0.161. The number of benzene rings is 1.